The Morgan fingerprint density at radius 1 is 1.11 bits per heavy atom. The maximum Gasteiger partial charge on any atom is 0.242 e. The van der Waals surface area contributed by atoms with Gasteiger partial charge in [0.05, 0.1) is 21.0 Å². The van der Waals surface area contributed by atoms with E-state index in [0.717, 1.165) is 32.1 Å². The maximum absolute atomic E-state index is 13.4. The number of anilines is 1. The molecule has 4 bridgehead atoms. The fourth-order valence-electron chi connectivity index (χ4n) is 6.06. The zero-order chi connectivity index (χ0) is 18.8. The molecule has 1 aromatic heterocycles. The van der Waals surface area contributed by atoms with Gasteiger partial charge in [0.1, 0.15) is 6.33 Å². The number of hydrogen-bond donors (Lipinski definition) is 1. The Balaban J connectivity index is 1.46. The SMILES string of the molecule is O=C(Nc1ccc(Cl)c(Cl)c1)C12CC3CC(C1)CC(n1cnc(Cl)n1)(C3)C2. The summed E-state index contributed by atoms with van der Waals surface area (Å²) in [6, 6.07) is 5.20. The van der Waals surface area contributed by atoms with Gasteiger partial charge in [-0.15, -0.1) is 5.10 Å². The van der Waals surface area contributed by atoms with Gasteiger partial charge < -0.3 is 5.32 Å². The number of rotatable bonds is 3. The van der Waals surface area contributed by atoms with E-state index >= 15 is 0 Å². The molecule has 4 fully saturated rings. The zero-order valence-corrected chi connectivity index (χ0v) is 16.9. The van der Waals surface area contributed by atoms with E-state index in [1.165, 1.54) is 6.42 Å². The first-order chi connectivity index (χ1) is 12.9. The van der Waals surface area contributed by atoms with Gasteiger partial charge in [-0.2, -0.15) is 0 Å². The summed E-state index contributed by atoms with van der Waals surface area (Å²) in [5.74, 6) is 1.15. The van der Waals surface area contributed by atoms with Crippen LogP contribution in [0, 0.1) is 17.3 Å². The van der Waals surface area contributed by atoms with Crippen molar-refractivity contribution in [1.82, 2.24) is 14.8 Å². The van der Waals surface area contributed by atoms with Gasteiger partial charge in [-0.3, -0.25) is 4.79 Å². The highest BCUT2D eigenvalue weighted by atomic mass is 35.5. The lowest BCUT2D eigenvalue weighted by Gasteiger charge is -2.60. The minimum atomic E-state index is -0.380. The summed E-state index contributed by atoms with van der Waals surface area (Å²) in [5.41, 5.74) is 0.149. The normalized spacial score (nSPS) is 34.0. The average Bonchev–Trinajstić information content (AvgIpc) is 3.04. The van der Waals surface area contributed by atoms with Gasteiger partial charge in [-0.1, -0.05) is 23.2 Å². The van der Waals surface area contributed by atoms with Crippen LogP contribution in [0.2, 0.25) is 15.3 Å². The van der Waals surface area contributed by atoms with Crippen LogP contribution in [0.15, 0.2) is 24.5 Å². The van der Waals surface area contributed by atoms with Gasteiger partial charge in [0.2, 0.25) is 11.2 Å². The predicted octanol–water partition coefficient (Wildman–Crippen LogP) is 5.17. The van der Waals surface area contributed by atoms with Crippen molar-refractivity contribution in [2.75, 3.05) is 5.32 Å². The number of nitrogens with zero attached hydrogens (tertiary/aromatic N) is 3. The lowest BCUT2D eigenvalue weighted by atomic mass is 9.46. The molecule has 2 unspecified atom stereocenters. The van der Waals surface area contributed by atoms with Gasteiger partial charge in [0.25, 0.3) is 0 Å². The molecule has 0 aliphatic heterocycles. The molecule has 0 spiro atoms. The van der Waals surface area contributed by atoms with E-state index in [4.69, 9.17) is 34.8 Å². The third kappa shape index (κ3) is 2.86. The van der Waals surface area contributed by atoms with Gasteiger partial charge in [0.15, 0.2) is 0 Å². The Morgan fingerprint density at radius 3 is 2.48 bits per heavy atom. The molecule has 1 amide bonds. The number of halogens is 3. The maximum atomic E-state index is 13.4. The molecular formula is C19H19Cl3N4O. The van der Waals surface area contributed by atoms with Crippen LogP contribution in [0.3, 0.4) is 0 Å². The summed E-state index contributed by atoms with van der Waals surface area (Å²) in [6.07, 6.45) is 7.66. The standard InChI is InChI=1S/C19H19Cl3N4O/c20-14-2-1-13(4-15(14)21)24-16(27)18-5-11-3-12(6-18)8-19(7-11,9-18)26-10-23-17(22)25-26/h1-2,4,10-12H,3,5-9H2,(H,24,27). The van der Waals surface area contributed by atoms with Crippen molar-refractivity contribution in [2.45, 2.75) is 44.1 Å². The molecule has 2 aromatic rings. The molecule has 6 rings (SSSR count). The molecule has 4 aliphatic carbocycles. The van der Waals surface area contributed by atoms with Crippen molar-refractivity contribution >= 4 is 46.4 Å². The molecule has 4 aliphatic rings. The summed E-state index contributed by atoms with van der Waals surface area (Å²) in [4.78, 5) is 17.5. The Bertz CT molecular complexity index is 913. The number of carbonyl (C=O) groups excluding carboxylic acids is 1. The second-order valence-electron chi connectivity index (χ2n) is 8.51. The van der Waals surface area contributed by atoms with Crippen molar-refractivity contribution in [3.05, 3.63) is 39.9 Å². The summed E-state index contributed by atoms with van der Waals surface area (Å²) in [5, 5.41) is 8.67. The third-order valence-electron chi connectivity index (χ3n) is 6.64. The molecule has 142 valence electrons. The van der Waals surface area contributed by atoms with Crippen molar-refractivity contribution < 1.29 is 4.79 Å². The minimum absolute atomic E-state index is 0.0746. The average molecular weight is 426 g/mol. The molecule has 1 heterocycles. The molecule has 1 N–H and O–H groups in total. The quantitative estimate of drug-likeness (QED) is 0.737. The van der Waals surface area contributed by atoms with Crippen molar-refractivity contribution in [2.24, 2.45) is 17.3 Å². The van der Waals surface area contributed by atoms with E-state index in [0.29, 0.717) is 27.6 Å². The largest absolute Gasteiger partial charge is 0.326 e. The zero-order valence-electron chi connectivity index (χ0n) is 14.6. The summed E-state index contributed by atoms with van der Waals surface area (Å²) in [6.45, 7) is 0. The molecule has 0 saturated heterocycles. The highest BCUT2D eigenvalue weighted by molar-refractivity contribution is 6.42. The van der Waals surface area contributed by atoms with E-state index in [1.54, 1.807) is 24.5 Å². The predicted molar refractivity (Wildman–Crippen MR) is 105 cm³/mol. The van der Waals surface area contributed by atoms with Crippen molar-refractivity contribution in [3.8, 4) is 0 Å². The van der Waals surface area contributed by atoms with Crippen LogP contribution in [-0.2, 0) is 10.3 Å². The first-order valence-corrected chi connectivity index (χ1v) is 10.4. The van der Waals surface area contributed by atoms with Crippen LogP contribution < -0.4 is 5.32 Å². The lowest BCUT2D eigenvalue weighted by molar-refractivity contribution is -0.150. The van der Waals surface area contributed by atoms with E-state index < -0.39 is 0 Å². The molecule has 5 nitrogen and oxygen atoms in total. The van der Waals surface area contributed by atoms with Crippen molar-refractivity contribution in [3.63, 3.8) is 0 Å². The number of carbonyl (C=O) groups is 1. The smallest absolute Gasteiger partial charge is 0.242 e. The second kappa shape index (κ2) is 6.10. The summed E-state index contributed by atoms with van der Waals surface area (Å²) < 4.78 is 1.92. The topological polar surface area (TPSA) is 59.8 Å². The number of hydrogen-bond acceptors (Lipinski definition) is 3. The molecule has 4 saturated carbocycles. The summed E-state index contributed by atoms with van der Waals surface area (Å²) >= 11 is 18.1. The fourth-order valence-corrected chi connectivity index (χ4v) is 6.48. The number of benzene rings is 1. The Kier molecular flexibility index (Phi) is 4.01. The van der Waals surface area contributed by atoms with Crippen LogP contribution in [0.4, 0.5) is 5.69 Å². The number of aromatic nitrogens is 3. The highest BCUT2D eigenvalue weighted by Gasteiger charge is 2.61. The van der Waals surface area contributed by atoms with E-state index in [1.807, 2.05) is 4.68 Å². The van der Waals surface area contributed by atoms with E-state index in [2.05, 4.69) is 15.4 Å². The van der Waals surface area contributed by atoms with Gasteiger partial charge in [-0.05, 0) is 80.2 Å². The van der Waals surface area contributed by atoms with Crippen molar-refractivity contribution in [1.29, 1.82) is 0 Å². The van der Waals surface area contributed by atoms with Crippen LogP contribution >= 0.6 is 34.8 Å². The van der Waals surface area contributed by atoms with Gasteiger partial charge in [-0.25, -0.2) is 9.67 Å². The van der Waals surface area contributed by atoms with E-state index in [9.17, 15) is 4.79 Å². The van der Waals surface area contributed by atoms with E-state index in [-0.39, 0.29) is 22.1 Å². The van der Waals surface area contributed by atoms with Crippen LogP contribution in [-0.4, -0.2) is 20.7 Å². The van der Waals surface area contributed by atoms with Crippen LogP contribution in [0.1, 0.15) is 38.5 Å². The second-order valence-corrected chi connectivity index (χ2v) is 9.66. The van der Waals surface area contributed by atoms with Crippen LogP contribution in [0.25, 0.3) is 0 Å². The molecule has 1 aromatic carbocycles. The minimum Gasteiger partial charge on any atom is -0.326 e. The van der Waals surface area contributed by atoms with Crippen LogP contribution in [0.5, 0.6) is 0 Å². The molecule has 2 atom stereocenters. The van der Waals surface area contributed by atoms with Gasteiger partial charge in [0, 0.05) is 5.69 Å². The Hall–Kier alpha value is -1.30. The summed E-state index contributed by atoms with van der Waals surface area (Å²) in [7, 11) is 0. The lowest BCUT2D eigenvalue weighted by Crippen LogP contribution is -2.60. The number of amides is 1. The molecule has 0 radical (unpaired) electrons. The highest BCUT2D eigenvalue weighted by Crippen LogP contribution is 2.64. The Morgan fingerprint density at radius 2 is 1.85 bits per heavy atom. The molecule has 27 heavy (non-hydrogen) atoms. The molecule has 8 heteroatoms. The monoisotopic (exact) mass is 424 g/mol. The molecular weight excluding hydrogens is 407 g/mol. The first kappa shape index (κ1) is 17.8. The third-order valence-corrected chi connectivity index (χ3v) is 7.55. The fraction of sp³-hybridized carbons (Fsp3) is 0.526. The Labute approximate surface area is 172 Å². The number of nitrogens with one attached hydrogen (secondary N) is 1. The van der Waals surface area contributed by atoms with Gasteiger partial charge >= 0.3 is 0 Å². The first-order valence-electron chi connectivity index (χ1n) is 9.22.